The minimum Gasteiger partial charge on any atom is -0.325 e. The summed E-state index contributed by atoms with van der Waals surface area (Å²) in [5.74, 6) is 0.792. The van der Waals surface area contributed by atoms with E-state index in [9.17, 15) is 0 Å². The summed E-state index contributed by atoms with van der Waals surface area (Å²) in [6, 6.07) is 4.42. The van der Waals surface area contributed by atoms with Crippen LogP contribution >= 0.6 is 0 Å². The Labute approximate surface area is 82.6 Å². The summed E-state index contributed by atoms with van der Waals surface area (Å²) in [6.07, 6.45) is 6.58. The maximum Gasteiger partial charge on any atom is 0.0996 e. The van der Waals surface area contributed by atoms with Gasteiger partial charge < -0.3 is 10.1 Å². The van der Waals surface area contributed by atoms with Gasteiger partial charge in [0.2, 0.25) is 0 Å². The first kappa shape index (κ1) is 8.00. The minimum atomic E-state index is 0.518. The SMILES string of the molecule is NCc1ncn2ccc(C3CC3)cc12. The number of nitrogens with zero attached hydrogens (tertiary/aromatic N) is 2. The Morgan fingerprint density at radius 1 is 1.50 bits per heavy atom. The number of pyridine rings is 1. The Kier molecular flexibility index (Phi) is 1.61. The highest BCUT2D eigenvalue weighted by Crippen LogP contribution is 2.40. The highest BCUT2D eigenvalue weighted by atomic mass is 15.0. The van der Waals surface area contributed by atoms with Crippen molar-refractivity contribution in [2.24, 2.45) is 5.73 Å². The van der Waals surface area contributed by atoms with Gasteiger partial charge in [-0.2, -0.15) is 0 Å². The molecule has 1 fully saturated rings. The van der Waals surface area contributed by atoms with Crippen LogP contribution in [0, 0.1) is 0 Å². The fourth-order valence-electron chi connectivity index (χ4n) is 1.89. The molecule has 0 bridgehead atoms. The Morgan fingerprint density at radius 3 is 3.07 bits per heavy atom. The van der Waals surface area contributed by atoms with E-state index in [2.05, 4.69) is 23.3 Å². The normalized spacial score (nSPS) is 16.4. The smallest absolute Gasteiger partial charge is 0.0996 e. The molecule has 0 radical (unpaired) electrons. The first-order valence-electron chi connectivity index (χ1n) is 5.04. The third-order valence-corrected chi connectivity index (χ3v) is 2.88. The first-order chi connectivity index (χ1) is 6.88. The fourth-order valence-corrected chi connectivity index (χ4v) is 1.89. The third kappa shape index (κ3) is 1.13. The topological polar surface area (TPSA) is 43.3 Å². The molecule has 0 spiro atoms. The summed E-state index contributed by atoms with van der Waals surface area (Å²) < 4.78 is 2.04. The van der Waals surface area contributed by atoms with Gasteiger partial charge in [-0.1, -0.05) is 0 Å². The Balaban J connectivity index is 2.18. The van der Waals surface area contributed by atoms with Gasteiger partial charge in [-0.15, -0.1) is 0 Å². The van der Waals surface area contributed by atoms with Crippen LogP contribution < -0.4 is 5.73 Å². The summed E-state index contributed by atoms with van der Waals surface area (Å²) in [7, 11) is 0. The van der Waals surface area contributed by atoms with Crippen molar-refractivity contribution in [3.63, 3.8) is 0 Å². The number of rotatable bonds is 2. The molecule has 0 saturated heterocycles. The van der Waals surface area contributed by atoms with Gasteiger partial charge in [-0.3, -0.25) is 0 Å². The van der Waals surface area contributed by atoms with Gasteiger partial charge in [0.05, 0.1) is 17.5 Å². The van der Waals surface area contributed by atoms with Crippen LogP contribution in [0.1, 0.15) is 30.0 Å². The van der Waals surface area contributed by atoms with Crippen LogP contribution in [0.4, 0.5) is 0 Å². The second kappa shape index (κ2) is 2.82. The van der Waals surface area contributed by atoms with Crippen LogP contribution in [0.3, 0.4) is 0 Å². The van der Waals surface area contributed by atoms with Crippen LogP contribution in [0.5, 0.6) is 0 Å². The zero-order chi connectivity index (χ0) is 9.54. The second-order valence-corrected chi connectivity index (χ2v) is 3.92. The molecule has 3 heteroatoms. The van der Waals surface area contributed by atoms with E-state index in [-0.39, 0.29) is 0 Å². The number of hydrogen-bond donors (Lipinski definition) is 1. The lowest BCUT2D eigenvalue weighted by Crippen LogP contribution is -1.97. The third-order valence-electron chi connectivity index (χ3n) is 2.88. The molecule has 2 aromatic rings. The molecule has 14 heavy (non-hydrogen) atoms. The molecule has 2 heterocycles. The monoisotopic (exact) mass is 187 g/mol. The molecule has 2 N–H and O–H groups in total. The fraction of sp³-hybridized carbons (Fsp3) is 0.364. The quantitative estimate of drug-likeness (QED) is 0.777. The maximum absolute atomic E-state index is 5.63. The number of fused-ring (bicyclic) bond motifs is 1. The van der Waals surface area contributed by atoms with Gasteiger partial charge in [-0.05, 0) is 36.5 Å². The van der Waals surface area contributed by atoms with E-state index < -0.39 is 0 Å². The van der Waals surface area contributed by atoms with E-state index in [0.717, 1.165) is 17.1 Å². The summed E-state index contributed by atoms with van der Waals surface area (Å²) in [4.78, 5) is 4.27. The van der Waals surface area contributed by atoms with Crippen LogP contribution in [-0.4, -0.2) is 9.38 Å². The summed E-state index contributed by atoms with van der Waals surface area (Å²) >= 11 is 0. The molecule has 1 aliphatic carbocycles. The van der Waals surface area contributed by atoms with Crippen molar-refractivity contribution < 1.29 is 0 Å². The van der Waals surface area contributed by atoms with E-state index in [1.165, 1.54) is 18.4 Å². The average Bonchev–Trinajstić information content (AvgIpc) is 2.98. The molecule has 0 unspecified atom stereocenters. The van der Waals surface area contributed by atoms with E-state index in [0.29, 0.717) is 6.54 Å². The lowest BCUT2D eigenvalue weighted by molar-refractivity contribution is 1.02. The lowest BCUT2D eigenvalue weighted by atomic mass is 10.1. The molecular formula is C11H13N3. The van der Waals surface area contributed by atoms with Gasteiger partial charge in [0.15, 0.2) is 0 Å². The van der Waals surface area contributed by atoms with Crippen molar-refractivity contribution in [3.8, 4) is 0 Å². The largest absolute Gasteiger partial charge is 0.325 e. The molecule has 0 atom stereocenters. The molecule has 3 nitrogen and oxygen atoms in total. The zero-order valence-electron chi connectivity index (χ0n) is 7.98. The van der Waals surface area contributed by atoms with Gasteiger partial charge in [0, 0.05) is 12.7 Å². The van der Waals surface area contributed by atoms with Crippen LogP contribution in [-0.2, 0) is 6.54 Å². The van der Waals surface area contributed by atoms with E-state index in [4.69, 9.17) is 5.73 Å². The lowest BCUT2D eigenvalue weighted by Gasteiger charge is -2.00. The van der Waals surface area contributed by atoms with Gasteiger partial charge in [-0.25, -0.2) is 4.98 Å². The van der Waals surface area contributed by atoms with Crippen LogP contribution in [0.25, 0.3) is 5.52 Å². The summed E-state index contributed by atoms with van der Waals surface area (Å²) in [6.45, 7) is 0.518. The Hall–Kier alpha value is -1.35. The summed E-state index contributed by atoms with van der Waals surface area (Å²) in [5.41, 5.74) is 9.22. The van der Waals surface area contributed by atoms with Crippen molar-refractivity contribution in [2.75, 3.05) is 0 Å². The van der Waals surface area contributed by atoms with Crippen LogP contribution in [0.15, 0.2) is 24.7 Å². The van der Waals surface area contributed by atoms with Crippen LogP contribution in [0.2, 0.25) is 0 Å². The molecule has 1 saturated carbocycles. The zero-order valence-corrected chi connectivity index (χ0v) is 7.98. The van der Waals surface area contributed by atoms with Crippen molar-refractivity contribution in [3.05, 3.63) is 35.9 Å². The van der Waals surface area contributed by atoms with E-state index in [1.807, 2.05) is 10.7 Å². The number of aromatic nitrogens is 2. The second-order valence-electron chi connectivity index (χ2n) is 3.92. The van der Waals surface area contributed by atoms with Gasteiger partial charge in [0.25, 0.3) is 0 Å². The molecule has 2 aromatic heterocycles. The standard InChI is InChI=1S/C11H13N3/c12-6-10-11-5-9(8-1-2-8)3-4-14(11)7-13-10/h3-5,7-8H,1-2,6,12H2. The molecule has 72 valence electrons. The first-order valence-corrected chi connectivity index (χ1v) is 5.04. The predicted molar refractivity (Wildman–Crippen MR) is 55.1 cm³/mol. The molecule has 0 aliphatic heterocycles. The predicted octanol–water partition coefficient (Wildman–Crippen LogP) is 1.67. The highest BCUT2D eigenvalue weighted by Gasteiger charge is 2.23. The number of imidazole rings is 1. The highest BCUT2D eigenvalue weighted by molar-refractivity contribution is 5.54. The molecular weight excluding hydrogens is 174 g/mol. The maximum atomic E-state index is 5.63. The average molecular weight is 187 g/mol. The molecule has 3 rings (SSSR count). The van der Waals surface area contributed by atoms with Gasteiger partial charge in [0.1, 0.15) is 0 Å². The minimum absolute atomic E-state index is 0.518. The van der Waals surface area contributed by atoms with Gasteiger partial charge >= 0.3 is 0 Å². The Bertz CT molecular complexity index is 468. The van der Waals surface area contributed by atoms with Crippen molar-refractivity contribution >= 4 is 5.52 Å². The van der Waals surface area contributed by atoms with E-state index in [1.54, 1.807) is 0 Å². The molecule has 1 aliphatic rings. The van der Waals surface area contributed by atoms with Crippen molar-refractivity contribution in [1.29, 1.82) is 0 Å². The number of hydrogen-bond acceptors (Lipinski definition) is 2. The summed E-state index contributed by atoms with van der Waals surface area (Å²) in [5, 5.41) is 0. The van der Waals surface area contributed by atoms with E-state index >= 15 is 0 Å². The van der Waals surface area contributed by atoms with Crippen molar-refractivity contribution in [1.82, 2.24) is 9.38 Å². The Morgan fingerprint density at radius 2 is 2.36 bits per heavy atom. The number of nitrogens with two attached hydrogens (primary N) is 1. The molecule has 0 amide bonds. The molecule has 0 aromatic carbocycles. The van der Waals surface area contributed by atoms with Crippen molar-refractivity contribution in [2.45, 2.75) is 25.3 Å².